The first-order valence-electron chi connectivity index (χ1n) is 10.6. The van der Waals surface area contributed by atoms with E-state index in [2.05, 4.69) is 10.4 Å². The molecule has 8 heteroatoms. The van der Waals surface area contributed by atoms with E-state index in [1.807, 2.05) is 24.3 Å². The van der Waals surface area contributed by atoms with Crippen molar-refractivity contribution in [2.75, 3.05) is 6.54 Å². The van der Waals surface area contributed by atoms with Gasteiger partial charge in [0.15, 0.2) is 0 Å². The van der Waals surface area contributed by atoms with Crippen LogP contribution in [-0.2, 0) is 13.0 Å². The summed E-state index contributed by atoms with van der Waals surface area (Å²) >= 11 is 6.14. The summed E-state index contributed by atoms with van der Waals surface area (Å²) < 4.78 is 20.1. The summed E-state index contributed by atoms with van der Waals surface area (Å²) in [5.74, 6) is -0.372. The molecule has 172 valence electrons. The summed E-state index contributed by atoms with van der Waals surface area (Å²) in [4.78, 5) is 24.8. The van der Waals surface area contributed by atoms with Gasteiger partial charge in [0.05, 0.1) is 5.69 Å². The quantitative estimate of drug-likeness (QED) is 0.403. The lowest BCUT2D eigenvalue weighted by molar-refractivity contribution is 0.0954. The molecule has 34 heavy (non-hydrogen) atoms. The molecule has 1 aromatic heterocycles. The number of nitrogens with one attached hydrogen (secondary N) is 1. The zero-order valence-electron chi connectivity index (χ0n) is 18.1. The Balaban J connectivity index is 1.39. The van der Waals surface area contributed by atoms with Crippen molar-refractivity contribution in [3.63, 3.8) is 0 Å². The molecule has 0 radical (unpaired) electrons. The molecular weight excluding hydrogens is 457 g/mol. The van der Waals surface area contributed by atoms with E-state index in [9.17, 15) is 14.0 Å². The summed E-state index contributed by atoms with van der Waals surface area (Å²) in [7, 11) is 0. The third kappa shape index (κ3) is 5.88. The Hall–Kier alpha value is -3.97. The monoisotopic (exact) mass is 477 g/mol. The molecule has 0 saturated heterocycles. The minimum absolute atomic E-state index is 0.107. The number of carbonyl (C=O) groups is 1. The molecule has 1 N–H and O–H groups in total. The first-order chi connectivity index (χ1) is 16.5. The second-order valence-electron chi connectivity index (χ2n) is 7.48. The van der Waals surface area contributed by atoms with E-state index in [1.165, 1.54) is 28.9 Å². The highest BCUT2D eigenvalue weighted by Gasteiger charge is 2.09. The number of ether oxygens (including phenoxy) is 1. The number of rotatable bonds is 8. The number of carbonyl (C=O) groups excluding carboxylic acids is 1. The minimum atomic E-state index is -0.355. The largest absolute Gasteiger partial charge is 0.472 e. The first-order valence-corrected chi connectivity index (χ1v) is 11.0. The summed E-state index contributed by atoms with van der Waals surface area (Å²) in [5.41, 5.74) is 2.19. The molecule has 6 nitrogen and oxygen atoms in total. The summed E-state index contributed by atoms with van der Waals surface area (Å²) in [6.45, 7) is 0.548. The van der Waals surface area contributed by atoms with Crippen LogP contribution in [0.4, 0.5) is 4.39 Å². The van der Waals surface area contributed by atoms with Crippen LogP contribution >= 0.6 is 11.6 Å². The van der Waals surface area contributed by atoms with Gasteiger partial charge in [0.2, 0.25) is 5.88 Å². The summed E-state index contributed by atoms with van der Waals surface area (Å²) in [6, 6.07) is 22.8. The lowest BCUT2D eigenvalue weighted by Crippen LogP contribution is -2.26. The third-order valence-electron chi connectivity index (χ3n) is 5.06. The van der Waals surface area contributed by atoms with E-state index >= 15 is 0 Å². The van der Waals surface area contributed by atoms with Gasteiger partial charge in [-0.25, -0.2) is 4.39 Å². The van der Waals surface area contributed by atoms with Gasteiger partial charge in [-0.2, -0.15) is 4.68 Å². The highest BCUT2D eigenvalue weighted by molar-refractivity contribution is 6.31. The molecular formula is C26H21ClFN3O3. The van der Waals surface area contributed by atoms with E-state index in [0.29, 0.717) is 34.8 Å². The maximum atomic E-state index is 13.3. The van der Waals surface area contributed by atoms with Crippen molar-refractivity contribution in [3.05, 3.63) is 123 Å². The van der Waals surface area contributed by atoms with Gasteiger partial charge in [-0.15, -0.1) is 5.10 Å². The lowest BCUT2D eigenvalue weighted by Gasteiger charge is -2.10. The highest BCUT2D eigenvalue weighted by atomic mass is 35.5. The predicted octanol–water partition coefficient (Wildman–Crippen LogP) is 4.58. The molecule has 3 aromatic carbocycles. The second kappa shape index (κ2) is 10.8. The van der Waals surface area contributed by atoms with E-state index in [4.69, 9.17) is 16.3 Å². The Kier molecular flexibility index (Phi) is 7.34. The number of hydrogen-bond acceptors (Lipinski definition) is 4. The van der Waals surface area contributed by atoms with Gasteiger partial charge in [0, 0.05) is 29.3 Å². The molecule has 0 aliphatic carbocycles. The van der Waals surface area contributed by atoms with Crippen molar-refractivity contribution in [2.45, 2.75) is 13.0 Å². The number of benzene rings is 3. The Bertz CT molecular complexity index is 1360. The van der Waals surface area contributed by atoms with Crippen LogP contribution in [0.5, 0.6) is 5.88 Å². The molecule has 0 saturated carbocycles. The maximum absolute atomic E-state index is 13.3. The smallest absolute Gasteiger partial charge is 0.271 e. The predicted molar refractivity (Wildman–Crippen MR) is 128 cm³/mol. The molecule has 0 unspecified atom stereocenters. The van der Waals surface area contributed by atoms with Crippen molar-refractivity contribution in [3.8, 4) is 11.6 Å². The fraction of sp³-hybridized carbons (Fsp3) is 0.115. The van der Waals surface area contributed by atoms with E-state index in [-0.39, 0.29) is 29.8 Å². The standard InChI is InChI=1S/C26H21ClFN3O3/c27-23-7-2-1-5-19(23)14-15-29-26(33)20-8-10-22(11-9-20)31-25(32)13-12-24(30-31)34-17-18-4-3-6-21(28)16-18/h1-13,16H,14-15,17H2,(H,29,33). The van der Waals surface area contributed by atoms with Gasteiger partial charge >= 0.3 is 0 Å². The van der Waals surface area contributed by atoms with Crippen LogP contribution in [0.15, 0.2) is 89.7 Å². The van der Waals surface area contributed by atoms with Crippen LogP contribution in [0.2, 0.25) is 5.02 Å². The van der Waals surface area contributed by atoms with Gasteiger partial charge in [0.25, 0.3) is 11.5 Å². The van der Waals surface area contributed by atoms with Crippen LogP contribution in [0.1, 0.15) is 21.5 Å². The number of halogens is 2. The third-order valence-corrected chi connectivity index (χ3v) is 5.43. The molecule has 0 bridgehead atoms. The SMILES string of the molecule is O=C(NCCc1ccccc1Cl)c1ccc(-n2nc(OCc3cccc(F)c3)ccc2=O)cc1. The molecule has 4 rings (SSSR count). The van der Waals surface area contributed by atoms with Gasteiger partial charge in [-0.3, -0.25) is 9.59 Å². The minimum Gasteiger partial charge on any atom is -0.472 e. The Morgan fingerprint density at radius 3 is 2.56 bits per heavy atom. The van der Waals surface area contributed by atoms with E-state index in [1.54, 1.807) is 36.4 Å². The lowest BCUT2D eigenvalue weighted by atomic mass is 10.1. The van der Waals surface area contributed by atoms with Gasteiger partial charge in [0.1, 0.15) is 12.4 Å². The van der Waals surface area contributed by atoms with Crippen LogP contribution < -0.4 is 15.6 Å². The number of hydrogen-bond donors (Lipinski definition) is 1. The second-order valence-corrected chi connectivity index (χ2v) is 7.89. The highest BCUT2D eigenvalue weighted by Crippen LogP contribution is 2.15. The molecule has 0 aliphatic heterocycles. The topological polar surface area (TPSA) is 73.2 Å². The fourth-order valence-electron chi connectivity index (χ4n) is 3.31. The van der Waals surface area contributed by atoms with Gasteiger partial charge < -0.3 is 10.1 Å². The Morgan fingerprint density at radius 2 is 1.79 bits per heavy atom. The average molecular weight is 478 g/mol. The molecule has 0 spiro atoms. The maximum Gasteiger partial charge on any atom is 0.271 e. The normalized spacial score (nSPS) is 10.6. The fourth-order valence-corrected chi connectivity index (χ4v) is 3.54. The first kappa shape index (κ1) is 23.2. The van der Waals surface area contributed by atoms with Crippen LogP contribution in [0, 0.1) is 5.82 Å². The zero-order valence-corrected chi connectivity index (χ0v) is 18.8. The number of nitrogens with zero attached hydrogens (tertiary/aromatic N) is 2. The zero-order chi connectivity index (χ0) is 23.9. The van der Waals surface area contributed by atoms with Crippen LogP contribution in [0.3, 0.4) is 0 Å². The molecule has 1 amide bonds. The molecule has 0 atom stereocenters. The van der Waals surface area contributed by atoms with Crippen molar-refractivity contribution < 1.29 is 13.9 Å². The van der Waals surface area contributed by atoms with Crippen molar-refractivity contribution in [1.29, 1.82) is 0 Å². The molecule has 1 heterocycles. The molecule has 0 fully saturated rings. The Morgan fingerprint density at radius 1 is 1.00 bits per heavy atom. The number of amides is 1. The van der Waals surface area contributed by atoms with Crippen molar-refractivity contribution >= 4 is 17.5 Å². The summed E-state index contributed by atoms with van der Waals surface area (Å²) in [5, 5.41) is 7.75. The molecule has 4 aromatic rings. The Labute approximate surface area is 200 Å². The van der Waals surface area contributed by atoms with Gasteiger partial charge in [-0.1, -0.05) is 41.9 Å². The van der Waals surface area contributed by atoms with Crippen LogP contribution in [0.25, 0.3) is 5.69 Å². The molecule has 0 aliphatic rings. The van der Waals surface area contributed by atoms with Crippen molar-refractivity contribution in [2.24, 2.45) is 0 Å². The number of aromatic nitrogens is 2. The van der Waals surface area contributed by atoms with Crippen molar-refractivity contribution in [1.82, 2.24) is 15.1 Å². The van der Waals surface area contributed by atoms with E-state index < -0.39 is 0 Å². The van der Waals surface area contributed by atoms with Crippen LogP contribution in [-0.4, -0.2) is 22.2 Å². The van der Waals surface area contributed by atoms with E-state index in [0.717, 1.165) is 5.56 Å². The summed E-state index contributed by atoms with van der Waals surface area (Å²) in [6.07, 6.45) is 0.616. The van der Waals surface area contributed by atoms with Gasteiger partial charge in [-0.05, 0) is 60.0 Å². The average Bonchev–Trinajstić information content (AvgIpc) is 2.85.